The van der Waals surface area contributed by atoms with Gasteiger partial charge in [0.2, 0.25) is 0 Å². The number of aliphatic hydroxyl groups excluding tert-OH is 1. The molecule has 2 heteroatoms. The monoisotopic (exact) mass is 226 g/mol. The van der Waals surface area contributed by atoms with Gasteiger partial charge in [0, 0.05) is 11.5 Å². The van der Waals surface area contributed by atoms with E-state index in [0.29, 0.717) is 12.5 Å². The van der Waals surface area contributed by atoms with Crippen LogP contribution in [0.25, 0.3) is 0 Å². The van der Waals surface area contributed by atoms with Crippen molar-refractivity contribution in [3.8, 4) is 0 Å². The molecule has 1 nitrogen and oxygen atoms in total. The minimum Gasteiger partial charge on any atom is -0.396 e. The topological polar surface area (TPSA) is 20.2 Å². The lowest BCUT2D eigenvalue weighted by Gasteiger charge is -2.14. The van der Waals surface area contributed by atoms with Crippen LogP contribution in [0.3, 0.4) is 0 Å². The summed E-state index contributed by atoms with van der Waals surface area (Å²) in [6.45, 7) is 4.74. The van der Waals surface area contributed by atoms with Crippen LogP contribution >= 0.6 is 11.3 Å². The van der Waals surface area contributed by atoms with Crippen molar-refractivity contribution in [2.45, 2.75) is 39.5 Å². The van der Waals surface area contributed by atoms with E-state index < -0.39 is 0 Å². The summed E-state index contributed by atoms with van der Waals surface area (Å²) >= 11 is 1.85. The maximum Gasteiger partial charge on any atom is 0.0456 e. The van der Waals surface area contributed by atoms with Gasteiger partial charge in [-0.05, 0) is 42.5 Å². The van der Waals surface area contributed by atoms with Crippen LogP contribution in [-0.2, 0) is 6.42 Å². The molecule has 0 fully saturated rings. The summed E-state index contributed by atoms with van der Waals surface area (Å²) in [6, 6.07) is 4.34. The highest BCUT2D eigenvalue weighted by atomic mass is 32.1. The van der Waals surface area contributed by atoms with E-state index in [2.05, 4.69) is 31.4 Å². The van der Waals surface area contributed by atoms with Gasteiger partial charge >= 0.3 is 0 Å². The Hall–Kier alpha value is -0.340. The Morgan fingerprint density at radius 2 is 2.13 bits per heavy atom. The number of rotatable bonds is 7. The van der Waals surface area contributed by atoms with E-state index in [1.807, 2.05) is 11.3 Å². The van der Waals surface area contributed by atoms with Crippen molar-refractivity contribution in [1.82, 2.24) is 0 Å². The maximum atomic E-state index is 8.96. The summed E-state index contributed by atoms with van der Waals surface area (Å²) in [5.41, 5.74) is 0. The average Bonchev–Trinajstić information content (AvgIpc) is 2.70. The Kier molecular flexibility index (Phi) is 5.96. The molecule has 0 aliphatic rings. The van der Waals surface area contributed by atoms with Crippen molar-refractivity contribution in [3.63, 3.8) is 0 Å². The molecule has 0 saturated carbocycles. The molecule has 1 heterocycles. The normalized spacial score (nSPS) is 15.1. The molecule has 0 radical (unpaired) electrons. The van der Waals surface area contributed by atoms with Gasteiger partial charge < -0.3 is 5.11 Å². The van der Waals surface area contributed by atoms with Crippen LogP contribution in [0.2, 0.25) is 0 Å². The summed E-state index contributed by atoms with van der Waals surface area (Å²) < 4.78 is 0. The number of hydrogen-bond donors (Lipinski definition) is 1. The van der Waals surface area contributed by atoms with Crippen LogP contribution < -0.4 is 0 Å². The molecular formula is C13H22OS. The third-order valence-corrected chi connectivity index (χ3v) is 3.75. The average molecular weight is 226 g/mol. The first kappa shape index (κ1) is 12.7. The van der Waals surface area contributed by atoms with Crippen molar-refractivity contribution < 1.29 is 5.11 Å². The first-order valence-corrected chi connectivity index (χ1v) is 6.73. The molecule has 0 aliphatic heterocycles. The summed E-state index contributed by atoms with van der Waals surface area (Å²) in [5.74, 6) is 1.20. The molecule has 2 unspecified atom stereocenters. The fourth-order valence-electron chi connectivity index (χ4n) is 1.96. The van der Waals surface area contributed by atoms with Crippen LogP contribution in [0.15, 0.2) is 17.5 Å². The van der Waals surface area contributed by atoms with Crippen LogP contribution in [0.1, 0.15) is 38.0 Å². The zero-order valence-corrected chi connectivity index (χ0v) is 10.6. The van der Waals surface area contributed by atoms with E-state index in [-0.39, 0.29) is 0 Å². The minimum atomic E-state index is 0.329. The molecule has 1 rings (SSSR count). The summed E-state index contributed by atoms with van der Waals surface area (Å²) in [7, 11) is 0. The predicted molar refractivity (Wildman–Crippen MR) is 67.3 cm³/mol. The zero-order valence-electron chi connectivity index (χ0n) is 9.78. The molecule has 15 heavy (non-hydrogen) atoms. The molecule has 1 N–H and O–H groups in total. The Bertz CT molecular complexity index is 243. The second-order valence-electron chi connectivity index (χ2n) is 4.60. The van der Waals surface area contributed by atoms with E-state index in [1.165, 1.54) is 24.1 Å². The quantitative estimate of drug-likeness (QED) is 0.751. The molecule has 0 spiro atoms. The molecule has 0 aromatic carbocycles. The van der Waals surface area contributed by atoms with Gasteiger partial charge in [-0.1, -0.05) is 26.3 Å². The predicted octanol–water partition coefficient (Wildman–Crippen LogP) is 3.73. The Morgan fingerprint density at radius 3 is 2.73 bits per heavy atom. The van der Waals surface area contributed by atoms with Crippen molar-refractivity contribution in [1.29, 1.82) is 0 Å². The number of thiophene rings is 1. The van der Waals surface area contributed by atoms with Gasteiger partial charge in [0.1, 0.15) is 0 Å². The molecule has 0 aliphatic carbocycles. The Balaban J connectivity index is 2.09. The standard InChI is InChI=1S/C13H22OS/c1-11(9-12(2)10-14)5-3-6-13-7-4-8-15-13/h4,7-8,11-12,14H,3,5-6,9-10H2,1-2H3. The number of aryl methyl sites for hydroxylation is 1. The number of hydrogen-bond acceptors (Lipinski definition) is 2. The van der Waals surface area contributed by atoms with Gasteiger partial charge in [-0.15, -0.1) is 11.3 Å². The molecule has 0 bridgehead atoms. The van der Waals surface area contributed by atoms with Crippen LogP contribution in [-0.4, -0.2) is 11.7 Å². The maximum absolute atomic E-state index is 8.96. The van der Waals surface area contributed by atoms with Crippen LogP contribution in [0.5, 0.6) is 0 Å². The highest BCUT2D eigenvalue weighted by Crippen LogP contribution is 2.19. The molecular weight excluding hydrogens is 204 g/mol. The largest absolute Gasteiger partial charge is 0.396 e. The second-order valence-corrected chi connectivity index (χ2v) is 5.63. The van der Waals surface area contributed by atoms with E-state index in [0.717, 1.165) is 12.3 Å². The first-order valence-electron chi connectivity index (χ1n) is 5.85. The van der Waals surface area contributed by atoms with Crippen molar-refractivity contribution >= 4 is 11.3 Å². The third-order valence-electron chi connectivity index (χ3n) is 2.82. The Labute approximate surface area is 97.2 Å². The van der Waals surface area contributed by atoms with Gasteiger partial charge in [0.05, 0.1) is 0 Å². The SMILES string of the molecule is CC(CO)CC(C)CCCc1cccs1. The Morgan fingerprint density at radius 1 is 1.33 bits per heavy atom. The van der Waals surface area contributed by atoms with E-state index >= 15 is 0 Å². The van der Waals surface area contributed by atoms with Crippen molar-refractivity contribution in [2.24, 2.45) is 11.8 Å². The molecule has 0 saturated heterocycles. The molecule has 2 atom stereocenters. The van der Waals surface area contributed by atoms with E-state index in [9.17, 15) is 0 Å². The fraction of sp³-hybridized carbons (Fsp3) is 0.692. The lowest BCUT2D eigenvalue weighted by Crippen LogP contribution is -2.07. The van der Waals surface area contributed by atoms with Crippen LogP contribution in [0, 0.1) is 11.8 Å². The fourth-order valence-corrected chi connectivity index (χ4v) is 2.71. The lowest BCUT2D eigenvalue weighted by molar-refractivity contribution is 0.212. The van der Waals surface area contributed by atoms with Gasteiger partial charge in [0.15, 0.2) is 0 Å². The zero-order chi connectivity index (χ0) is 11.1. The van der Waals surface area contributed by atoms with Gasteiger partial charge in [-0.3, -0.25) is 0 Å². The van der Waals surface area contributed by atoms with Gasteiger partial charge in [0.25, 0.3) is 0 Å². The summed E-state index contributed by atoms with van der Waals surface area (Å²) in [5, 5.41) is 11.1. The summed E-state index contributed by atoms with van der Waals surface area (Å²) in [6.07, 6.45) is 4.93. The van der Waals surface area contributed by atoms with Crippen LogP contribution in [0.4, 0.5) is 0 Å². The highest BCUT2D eigenvalue weighted by molar-refractivity contribution is 7.09. The van der Waals surface area contributed by atoms with Crippen molar-refractivity contribution in [3.05, 3.63) is 22.4 Å². The van der Waals surface area contributed by atoms with E-state index in [4.69, 9.17) is 5.11 Å². The number of aliphatic hydroxyl groups is 1. The smallest absolute Gasteiger partial charge is 0.0456 e. The van der Waals surface area contributed by atoms with Gasteiger partial charge in [-0.25, -0.2) is 0 Å². The summed E-state index contributed by atoms with van der Waals surface area (Å²) in [4.78, 5) is 1.50. The molecule has 0 amide bonds. The minimum absolute atomic E-state index is 0.329. The van der Waals surface area contributed by atoms with E-state index in [1.54, 1.807) is 0 Å². The highest BCUT2D eigenvalue weighted by Gasteiger charge is 2.07. The lowest BCUT2D eigenvalue weighted by atomic mass is 9.93. The second kappa shape index (κ2) is 7.02. The molecule has 1 aromatic heterocycles. The molecule has 86 valence electrons. The first-order chi connectivity index (χ1) is 7.22. The van der Waals surface area contributed by atoms with Crippen molar-refractivity contribution in [2.75, 3.05) is 6.61 Å². The van der Waals surface area contributed by atoms with Gasteiger partial charge in [-0.2, -0.15) is 0 Å². The third kappa shape index (κ3) is 5.33. The molecule has 1 aromatic rings.